The number of rotatable bonds is 5. The molecule has 88 valence electrons. The lowest BCUT2D eigenvalue weighted by Crippen LogP contribution is -2.26. The molecule has 17 heavy (non-hydrogen) atoms. The molecule has 0 aliphatic carbocycles. The van der Waals surface area contributed by atoms with E-state index in [2.05, 4.69) is 15.3 Å². The molecular weight excluding hydrogens is 216 g/mol. The van der Waals surface area contributed by atoms with Crippen molar-refractivity contribution in [1.82, 2.24) is 19.9 Å². The van der Waals surface area contributed by atoms with Crippen molar-refractivity contribution in [2.24, 2.45) is 0 Å². The van der Waals surface area contributed by atoms with Crippen molar-refractivity contribution in [2.45, 2.75) is 13.1 Å². The molecule has 0 fully saturated rings. The highest BCUT2D eigenvalue weighted by Crippen LogP contribution is 1.93. The minimum absolute atomic E-state index is 0.0248. The van der Waals surface area contributed by atoms with E-state index in [1.807, 2.05) is 18.3 Å². The van der Waals surface area contributed by atoms with Gasteiger partial charge in [-0.2, -0.15) is 0 Å². The summed E-state index contributed by atoms with van der Waals surface area (Å²) < 4.78 is 1.58. The maximum atomic E-state index is 11.4. The number of pyridine rings is 1. The van der Waals surface area contributed by atoms with Gasteiger partial charge in [0.2, 0.25) is 0 Å². The molecular formula is C12H14N4O. The fourth-order valence-electron chi connectivity index (χ4n) is 1.48. The molecule has 2 aromatic heterocycles. The Labute approximate surface area is 99.2 Å². The lowest BCUT2D eigenvalue weighted by Gasteiger charge is -2.06. The highest BCUT2D eigenvalue weighted by Gasteiger charge is 1.95. The summed E-state index contributed by atoms with van der Waals surface area (Å²) in [6, 6.07) is 5.37. The van der Waals surface area contributed by atoms with E-state index in [-0.39, 0.29) is 5.56 Å². The molecule has 0 amide bonds. The summed E-state index contributed by atoms with van der Waals surface area (Å²) in [6.45, 7) is 2.09. The third-order valence-corrected chi connectivity index (χ3v) is 2.37. The zero-order valence-corrected chi connectivity index (χ0v) is 9.41. The van der Waals surface area contributed by atoms with E-state index in [4.69, 9.17) is 0 Å². The van der Waals surface area contributed by atoms with Crippen LogP contribution in [0.2, 0.25) is 0 Å². The van der Waals surface area contributed by atoms with Crippen LogP contribution in [0, 0.1) is 0 Å². The zero-order chi connectivity index (χ0) is 11.9. The maximum absolute atomic E-state index is 11.4. The van der Waals surface area contributed by atoms with Crippen LogP contribution < -0.4 is 10.9 Å². The highest BCUT2D eigenvalue weighted by atomic mass is 16.1. The van der Waals surface area contributed by atoms with Gasteiger partial charge in [-0.25, -0.2) is 4.98 Å². The first kappa shape index (κ1) is 11.5. The van der Waals surface area contributed by atoms with Gasteiger partial charge in [0.25, 0.3) is 5.56 Å². The van der Waals surface area contributed by atoms with Crippen LogP contribution in [0.15, 0.2) is 47.9 Å². The molecule has 0 saturated heterocycles. The predicted molar refractivity (Wildman–Crippen MR) is 64.4 cm³/mol. The Morgan fingerprint density at radius 2 is 2.18 bits per heavy atom. The van der Waals surface area contributed by atoms with Gasteiger partial charge in [0.15, 0.2) is 0 Å². The van der Waals surface area contributed by atoms with Crippen LogP contribution in [-0.2, 0) is 13.1 Å². The Kier molecular flexibility index (Phi) is 3.99. The summed E-state index contributed by atoms with van der Waals surface area (Å²) >= 11 is 0. The third-order valence-electron chi connectivity index (χ3n) is 2.37. The van der Waals surface area contributed by atoms with Crippen molar-refractivity contribution in [3.8, 4) is 0 Å². The molecule has 5 heteroatoms. The fourth-order valence-corrected chi connectivity index (χ4v) is 1.48. The first-order chi connectivity index (χ1) is 8.36. The third kappa shape index (κ3) is 3.49. The van der Waals surface area contributed by atoms with Crippen molar-refractivity contribution in [1.29, 1.82) is 0 Å². The van der Waals surface area contributed by atoms with Crippen LogP contribution in [0.1, 0.15) is 5.56 Å². The molecule has 0 saturated carbocycles. The molecule has 0 unspecified atom stereocenters. The lowest BCUT2D eigenvalue weighted by atomic mass is 10.3. The Morgan fingerprint density at radius 1 is 1.24 bits per heavy atom. The van der Waals surface area contributed by atoms with Crippen LogP contribution in [0.4, 0.5) is 0 Å². The molecule has 0 spiro atoms. The Hall–Kier alpha value is -2.01. The standard InChI is InChI=1S/C12H14N4O/c17-12-3-5-15-10-16(12)7-6-14-9-11-2-1-4-13-8-11/h1-5,8,10,14H,6-7,9H2. The van der Waals surface area contributed by atoms with Gasteiger partial charge < -0.3 is 5.32 Å². The Balaban J connectivity index is 1.78. The van der Waals surface area contributed by atoms with Gasteiger partial charge in [-0.15, -0.1) is 0 Å². The first-order valence-electron chi connectivity index (χ1n) is 5.46. The smallest absolute Gasteiger partial charge is 0.253 e. The summed E-state index contributed by atoms with van der Waals surface area (Å²) in [5.41, 5.74) is 1.11. The molecule has 0 aliphatic rings. The summed E-state index contributed by atoms with van der Waals surface area (Å²) in [7, 11) is 0. The quantitative estimate of drug-likeness (QED) is 0.757. The van der Waals surface area contributed by atoms with Crippen molar-refractivity contribution < 1.29 is 0 Å². The molecule has 0 radical (unpaired) electrons. The van der Waals surface area contributed by atoms with Crippen molar-refractivity contribution in [3.63, 3.8) is 0 Å². The van der Waals surface area contributed by atoms with Gasteiger partial charge in [0, 0.05) is 44.3 Å². The van der Waals surface area contributed by atoms with Gasteiger partial charge in [-0.1, -0.05) is 6.07 Å². The van der Waals surface area contributed by atoms with Gasteiger partial charge in [-0.05, 0) is 11.6 Å². The molecule has 2 rings (SSSR count). The molecule has 0 bridgehead atoms. The second-order valence-electron chi connectivity index (χ2n) is 3.65. The topological polar surface area (TPSA) is 59.8 Å². The van der Waals surface area contributed by atoms with Crippen molar-refractivity contribution in [3.05, 3.63) is 59.0 Å². The van der Waals surface area contributed by atoms with Crippen molar-refractivity contribution >= 4 is 0 Å². The summed E-state index contributed by atoms with van der Waals surface area (Å²) in [5.74, 6) is 0. The molecule has 0 aliphatic heterocycles. The number of nitrogens with zero attached hydrogens (tertiary/aromatic N) is 3. The van der Waals surface area contributed by atoms with E-state index in [9.17, 15) is 4.79 Å². The highest BCUT2D eigenvalue weighted by molar-refractivity contribution is 5.07. The van der Waals surface area contributed by atoms with Crippen LogP contribution in [0.5, 0.6) is 0 Å². The van der Waals surface area contributed by atoms with Crippen molar-refractivity contribution in [2.75, 3.05) is 6.54 Å². The Morgan fingerprint density at radius 3 is 2.94 bits per heavy atom. The lowest BCUT2D eigenvalue weighted by molar-refractivity contribution is 0.578. The van der Waals surface area contributed by atoms with Gasteiger partial charge >= 0.3 is 0 Å². The number of nitrogens with one attached hydrogen (secondary N) is 1. The molecule has 0 atom stereocenters. The van der Waals surface area contributed by atoms with E-state index in [1.165, 1.54) is 12.3 Å². The molecule has 5 nitrogen and oxygen atoms in total. The van der Waals surface area contributed by atoms with E-state index in [0.717, 1.165) is 18.7 Å². The largest absolute Gasteiger partial charge is 0.311 e. The number of hydrogen-bond donors (Lipinski definition) is 1. The van der Waals surface area contributed by atoms with Gasteiger partial charge in [-0.3, -0.25) is 14.3 Å². The summed E-state index contributed by atoms with van der Waals surface area (Å²) in [4.78, 5) is 19.3. The van der Waals surface area contributed by atoms with E-state index >= 15 is 0 Å². The van der Waals surface area contributed by atoms with E-state index in [1.54, 1.807) is 17.1 Å². The summed E-state index contributed by atoms with van der Waals surface area (Å²) in [5, 5.41) is 3.25. The average Bonchev–Trinajstić information content (AvgIpc) is 2.38. The number of aromatic nitrogens is 3. The van der Waals surface area contributed by atoms with Crippen LogP contribution in [0.25, 0.3) is 0 Å². The van der Waals surface area contributed by atoms with E-state index < -0.39 is 0 Å². The van der Waals surface area contributed by atoms with Crippen LogP contribution in [-0.4, -0.2) is 21.1 Å². The first-order valence-corrected chi connectivity index (χ1v) is 5.46. The SMILES string of the molecule is O=c1ccncn1CCNCc1cccnc1. The second kappa shape index (κ2) is 5.91. The van der Waals surface area contributed by atoms with Crippen LogP contribution >= 0.6 is 0 Å². The van der Waals surface area contributed by atoms with Gasteiger partial charge in [0.1, 0.15) is 0 Å². The minimum Gasteiger partial charge on any atom is -0.311 e. The molecule has 0 aromatic carbocycles. The van der Waals surface area contributed by atoms with E-state index in [0.29, 0.717) is 6.54 Å². The predicted octanol–water partition coefficient (Wildman–Crippen LogP) is 0.428. The second-order valence-corrected chi connectivity index (χ2v) is 3.65. The monoisotopic (exact) mass is 230 g/mol. The summed E-state index contributed by atoms with van der Waals surface area (Å²) in [6.07, 6.45) is 6.62. The molecule has 1 N–H and O–H groups in total. The van der Waals surface area contributed by atoms with Crippen LogP contribution in [0.3, 0.4) is 0 Å². The Bertz CT molecular complexity index is 509. The maximum Gasteiger partial charge on any atom is 0.253 e. The normalized spacial score (nSPS) is 10.4. The molecule has 2 aromatic rings. The minimum atomic E-state index is -0.0248. The number of hydrogen-bond acceptors (Lipinski definition) is 4. The molecule has 2 heterocycles. The van der Waals surface area contributed by atoms with Gasteiger partial charge in [0.05, 0.1) is 6.33 Å². The fraction of sp³-hybridized carbons (Fsp3) is 0.250. The average molecular weight is 230 g/mol. The zero-order valence-electron chi connectivity index (χ0n) is 9.41.